The molecular formula is C23H17NO2S2. The fourth-order valence-electron chi connectivity index (χ4n) is 2.97. The summed E-state index contributed by atoms with van der Waals surface area (Å²) in [7, 11) is 0. The van der Waals surface area contributed by atoms with E-state index < -0.39 is 0 Å². The summed E-state index contributed by atoms with van der Waals surface area (Å²) in [6.07, 6.45) is 3.56. The summed E-state index contributed by atoms with van der Waals surface area (Å²) in [5.74, 6) is 0.665. The first-order valence-electron chi connectivity index (χ1n) is 8.76. The molecule has 1 saturated heterocycles. The van der Waals surface area contributed by atoms with E-state index in [0.717, 1.165) is 27.8 Å². The van der Waals surface area contributed by atoms with Gasteiger partial charge in [-0.05, 0) is 46.7 Å². The van der Waals surface area contributed by atoms with Gasteiger partial charge < -0.3 is 4.74 Å². The van der Waals surface area contributed by atoms with E-state index in [1.807, 2.05) is 72.8 Å². The summed E-state index contributed by atoms with van der Waals surface area (Å²) in [5.41, 5.74) is 1.71. The third kappa shape index (κ3) is 3.72. The molecule has 3 aromatic carbocycles. The summed E-state index contributed by atoms with van der Waals surface area (Å²) in [6, 6.07) is 21.6. The van der Waals surface area contributed by atoms with Crippen molar-refractivity contribution in [2.24, 2.45) is 0 Å². The van der Waals surface area contributed by atoms with E-state index in [0.29, 0.717) is 15.8 Å². The maximum Gasteiger partial charge on any atom is 0.270 e. The van der Waals surface area contributed by atoms with E-state index in [1.165, 1.54) is 11.8 Å². The van der Waals surface area contributed by atoms with Gasteiger partial charge in [-0.1, -0.05) is 79.1 Å². The molecule has 1 fully saturated rings. The highest BCUT2D eigenvalue weighted by Crippen LogP contribution is 2.37. The van der Waals surface area contributed by atoms with Crippen molar-refractivity contribution in [1.82, 2.24) is 0 Å². The zero-order valence-corrected chi connectivity index (χ0v) is 16.6. The van der Waals surface area contributed by atoms with Crippen molar-refractivity contribution in [3.8, 4) is 5.75 Å². The molecule has 4 rings (SSSR count). The van der Waals surface area contributed by atoms with E-state index in [9.17, 15) is 4.79 Å². The van der Waals surface area contributed by atoms with Crippen molar-refractivity contribution in [3.63, 3.8) is 0 Å². The Morgan fingerprint density at radius 3 is 2.54 bits per heavy atom. The van der Waals surface area contributed by atoms with E-state index in [4.69, 9.17) is 17.0 Å². The molecule has 0 saturated carbocycles. The molecule has 0 unspecified atom stereocenters. The number of fused-ring (bicyclic) bond motifs is 1. The number of ether oxygens (including phenoxy) is 1. The van der Waals surface area contributed by atoms with Crippen LogP contribution in [0.15, 0.2) is 84.3 Å². The van der Waals surface area contributed by atoms with Gasteiger partial charge in [0.15, 0.2) is 4.32 Å². The number of rotatable bonds is 5. The summed E-state index contributed by atoms with van der Waals surface area (Å²) in [5, 5.41) is 2.21. The van der Waals surface area contributed by atoms with Crippen molar-refractivity contribution in [2.75, 3.05) is 11.5 Å². The van der Waals surface area contributed by atoms with Crippen LogP contribution in [0.25, 0.3) is 16.8 Å². The Morgan fingerprint density at radius 1 is 1.04 bits per heavy atom. The van der Waals surface area contributed by atoms with Crippen molar-refractivity contribution < 1.29 is 9.53 Å². The lowest BCUT2D eigenvalue weighted by atomic mass is 10.1. The highest BCUT2D eigenvalue weighted by Gasteiger charge is 2.33. The maximum absolute atomic E-state index is 13.0. The molecule has 0 spiro atoms. The average molecular weight is 404 g/mol. The van der Waals surface area contributed by atoms with Gasteiger partial charge in [-0.3, -0.25) is 9.69 Å². The monoisotopic (exact) mass is 403 g/mol. The summed E-state index contributed by atoms with van der Waals surface area (Å²) in [4.78, 5) is 15.2. The number of nitrogens with zero attached hydrogens (tertiary/aromatic N) is 1. The van der Waals surface area contributed by atoms with Gasteiger partial charge in [0.2, 0.25) is 0 Å². The van der Waals surface area contributed by atoms with E-state index in [-0.39, 0.29) is 5.91 Å². The molecule has 0 aliphatic carbocycles. The van der Waals surface area contributed by atoms with Crippen LogP contribution >= 0.6 is 24.0 Å². The van der Waals surface area contributed by atoms with Crippen molar-refractivity contribution in [1.29, 1.82) is 0 Å². The highest BCUT2D eigenvalue weighted by atomic mass is 32.2. The first-order valence-corrected chi connectivity index (χ1v) is 9.99. The lowest BCUT2D eigenvalue weighted by molar-refractivity contribution is -0.113. The quantitative estimate of drug-likeness (QED) is 0.305. The number of carbonyl (C=O) groups excluding carboxylic acids is 1. The maximum atomic E-state index is 13.0. The molecule has 1 aliphatic rings. The molecule has 138 valence electrons. The van der Waals surface area contributed by atoms with Crippen LogP contribution in [-0.4, -0.2) is 16.8 Å². The van der Waals surface area contributed by atoms with E-state index in [2.05, 4.69) is 6.58 Å². The van der Waals surface area contributed by atoms with Crippen molar-refractivity contribution in [3.05, 3.63) is 89.9 Å². The molecule has 3 nitrogen and oxygen atoms in total. The molecule has 1 aliphatic heterocycles. The van der Waals surface area contributed by atoms with Crippen LogP contribution < -0.4 is 9.64 Å². The van der Waals surface area contributed by atoms with Crippen LogP contribution in [0.4, 0.5) is 5.69 Å². The Hall–Kier alpha value is -2.89. The predicted molar refractivity (Wildman–Crippen MR) is 122 cm³/mol. The summed E-state index contributed by atoms with van der Waals surface area (Å²) < 4.78 is 6.03. The molecule has 28 heavy (non-hydrogen) atoms. The SMILES string of the molecule is C=CCOc1ccc(C=C2SC(=S)N(c3ccc4ccccc4c3)C2=O)cc1. The molecule has 0 bridgehead atoms. The number of hydrogen-bond donors (Lipinski definition) is 0. The van der Waals surface area contributed by atoms with Crippen LogP contribution in [0.2, 0.25) is 0 Å². The van der Waals surface area contributed by atoms with Crippen LogP contribution in [-0.2, 0) is 4.79 Å². The van der Waals surface area contributed by atoms with Gasteiger partial charge in [0.1, 0.15) is 12.4 Å². The Balaban J connectivity index is 1.59. The van der Waals surface area contributed by atoms with E-state index in [1.54, 1.807) is 11.0 Å². The molecule has 1 heterocycles. The van der Waals surface area contributed by atoms with Crippen molar-refractivity contribution in [2.45, 2.75) is 0 Å². The first-order chi connectivity index (χ1) is 13.7. The lowest BCUT2D eigenvalue weighted by Gasteiger charge is -2.15. The molecule has 0 atom stereocenters. The topological polar surface area (TPSA) is 29.5 Å². The fourth-order valence-corrected chi connectivity index (χ4v) is 4.27. The molecule has 0 N–H and O–H groups in total. The summed E-state index contributed by atoms with van der Waals surface area (Å²) in [6.45, 7) is 4.10. The highest BCUT2D eigenvalue weighted by molar-refractivity contribution is 8.27. The Morgan fingerprint density at radius 2 is 1.79 bits per heavy atom. The third-order valence-electron chi connectivity index (χ3n) is 4.33. The van der Waals surface area contributed by atoms with Crippen LogP contribution in [0, 0.1) is 0 Å². The third-order valence-corrected chi connectivity index (χ3v) is 5.63. The van der Waals surface area contributed by atoms with Gasteiger partial charge in [-0.15, -0.1) is 0 Å². The Kier molecular flexibility index (Phi) is 5.28. The van der Waals surface area contributed by atoms with Gasteiger partial charge in [-0.2, -0.15) is 0 Å². The minimum atomic E-state index is -0.0998. The predicted octanol–water partition coefficient (Wildman–Crippen LogP) is 5.81. The van der Waals surface area contributed by atoms with Crippen molar-refractivity contribution >= 4 is 56.7 Å². The zero-order valence-electron chi connectivity index (χ0n) is 15.0. The first kappa shape index (κ1) is 18.5. The second kappa shape index (κ2) is 8.00. The van der Waals surface area contributed by atoms with Crippen LogP contribution in [0.3, 0.4) is 0 Å². The molecular weight excluding hydrogens is 386 g/mol. The Labute approximate surface area is 173 Å². The number of thioether (sulfide) groups is 1. The fraction of sp³-hybridized carbons (Fsp3) is 0.0435. The van der Waals surface area contributed by atoms with E-state index >= 15 is 0 Å². The number of carbonyl (C=O) groups is 1. The smallest absolute Gasteiger partial charge is 0.270 e. The van der Waals surface area contributed by atoms with Gasteiger partial charge in [0.05, 0.1) is 10.6 Å². The van der Waals surface area contributed by atoms with Gasteiger partial charge in [-0.25, -0.2) is 0 Å². The lowest BCUT2D eigenvalue weighted by Crippen LogP contribution is -2.27. The second-order valence-corrected chi connectivity index (χ2v) is 7.89. The van der Waals surface area contributed by atoms with Crippen LogP contribution in [0.1, 0.15) is 5.56 Å². The van der Waals surface area contributed by atoms with Crippen LogP contribution in [0.5, 0.6) is 5.75 Å². The number of thiocarbonyl (C=S) groups is 1. The van der Waals surface area contributed by atoms with Gasteiger partial charge >= 0.3 is 0 Å². The largest absolute Gasteiger partial charge is 0.490 e. The molecule has 3 aromatic rings. The molecule has 1 amide bonds. The molecule has 5 heteroatoms. The number of amides is 1. The minimum absolute atomic E-state index is 0.0998. The Bertz CT molecular complexity index is 1100. The normalized spacial score (nSPS) is 15.4. The minimum Gasteiger partial charge on any atom is -0.490 e. The zero-order chi connectivity index (χ0) is 19.5. The standard InChI is InChI=1S/C23H17NO2S2/c1-2-13-26-20-11-7-16(8-12-20)14-21-22(25)24(23(27)28-21)19-10-9-17-5-3-4-6-18(17)15-19/h2-12,14-15H,1,13H2. The molecule has 0 aromatic heterocycles. The molecule has 0 radical (unpaired) electrons. The second-order valence-electron chi connectivity index (χ2n) is 6.22. The average Bonchev–Trinajstić information content (AvgIpc) is 3.00. The van der Waals surface area contributed by atoms with Gasteiger partial charge in [0, 0.05) is 0 Å². The van der Waals surface area contributed by atoms with Gasteiger partial charge in [0.25, 0.3) is 5.91 Å². The number of anilines is 1. The number of hydrogen-bond acceptors (Lipinski definition) is 4. The number of benzene rings is 3. The summed E-state index contributed by atoms with van der Waals surface area (Å²) >= 11 is 6.80.